The maximum Gasteiger partial charge on any atom is 0.410 e. The number of ether oxygens (including phenoxy) is 2. The van der Waals surface area contributed by atoms with Gasteiger partial charge < -0.3 is 15.2 Å². The molecule has 0 bridgehead atoms. The summed E-state index contributed by atoms with van der Waals surface area (Å²) >= 11 is 0. The van der Waals surface area contributed by atoms with Gasteiger partial charge in [-0.05, 0) is 12.5 Å². The third-order valence-corrected chi connectivity index (χ3v) is 3.21. The predicted octanol–water partition coefficient (Wildman–Crippen LogP) is 1.37. The molecule has 1 aliphatic heterocycles. The van der Waals surface area contributed by atoms with Crippen LogP contribution in [0.15, 0.2) is 30.3 Å². The highest BCUT2D eigenvalue weighted by atomic mass is 16.6. The Bertz CT molecular complexity index is 408. The van der Waals surface area contributed by atoms with Crippen LogP contribution in [0.3, 0.4) is 0 Å². The summed E-state index contributed by atoms with van der Waals surface area (Å²) in [5.74, 6) is 0. The minimum Gasteiger partial charge on any atom is -0.445 e. The van der Waals surface area contributed by atoms with Gasteiger partial charge in [0, 0.05) is 12.6 Å². The fraction of sp³-hybridized carbons (Fsp3) is 0.500. The second-order valence-corrected chi connectivity index (χ2v) is 4.73. The van der Waals surface area contributed by atoms with E-state index in [4.69, 9.17) is 15.2 Å². The van der Waals surface area contributed by atoms with E-state index in [0.29, 0.717) is 19.8 Å². The highest BCUT2D eigenvalue weighted by molar-refractivity contribution is 5.68. The molecule has 1 aliphatic rings. The van der Waals surface area contributed by atoms with E-state index in [1.807, 2.05) is 37.3 Å². The highest BCUT2D eigenvalue weighted by Crippen LogP contribution is 2.12. The molecule has 0 spiro atoms. The monoisotopic (exact) mass is 264 g/mol. The number of rotatable bonds is 3. The Balaban J connectivity index is 1.91. The third-order valence-electron chi connectivity index (χ3n) is 3.21. The normalized spacial score (nSPS) is 20.9. The number of hydrogen-bond donors (Lipinski definition) is 1. The first kappa shape index (κ1) is 13.8. The van der Waals surface area contributed by atoms with Crippen molar-refractivity contribution >= 4 is 6.09 Å². The molecular weight excluding hydrogens is 244 g/mol. The molecule has 0 saturated carbocycles. The Morgan fingerprint density at radius 3 is 2.95 bits per heavy atom. The summed E-state index contributed by atoms with van der Waals surface area (Å²) in [5, 5.41) is 0. The summed E-state index contributed by atoms with van der Waals surface area (Å²) in [6.45, 7) is 3.68. The molecule has 0 aromatic heterocycles. The quantitative estimate of drug-likeness (QED) is 0.895. The fourth-order valence-electron chi connectivity index (χ4n) is 2.09. The van der Waals surface area contributed by atoms with Gasteiger partial charge in [0.2, 0.25) is 0 Å². The van der Waals surface area contributed by atoms with Crippen LogP contribution in [0.25, 0.3) is 0 Å². The number of hydrogen-bond acceptors (Lipinski definition) is 4. The lowest BCUT2D eigenvalue weighted by molar-refractivity contribution is -0.0165. The van der Waals surface area contributed by atoms with Crippen LogP contribution < -0.4 is 5.73 Å². The van der Waals surface area contributed by atoms with Gasteiger partial charge in [0.25, 0.3) is 0 Å². The van der Waals surface area contributed by atoms with Crippen LogP contribution in [0, 0.1) is 0 Å². The molecule has 2 rings (SSSR count). The van der Waals surface area contributed by atoms with Crippen molar-refractivity contribution in [1.29, 1.82) is 0 Å². The summed E-state index contributed by atoms with van der Waals surface area (Å²) in [4.78, 5) is 13.7. The van der Waals surface area contributed by atoms with Gasteiger partial charge in [-0.15, -0.1) is 0 Å². The van der Waals surface area contributed by atoms with Gasteiger partial charge in [-0.2, -0.15) is 0 Å². The van der Waals surface area contributed by atoms with Crippen LogP contribution in [0.1, 0.15) is 12.5 Å². The molecular formula is C14H20N2O3. The molecule has 19 heavy (non-hydrogen) atoms. The number of nitrogens with two attached hydrogens (primary N) is 1. The van der Waals surface area contributed by atoms with Gasteiger partial charge in [-0.3, -0.25) is 4.90 Å². The smallest absolute Gasteiger partial charge is 0.410 e. The van der Waals surface area contributed by atoms with E-state index < -0.39 is 0 Å². The Labute approximate surface area is 113 Å². The van der Waals surface area contributed by atoms with Crippen molar-refractivity contribution in [2.45, 2.75) is 25.6 Å². The molecule has 1 heterocycles. The van der Waals surface area contributed by atoms with Crippen molar-refractivity contribution in [2.75, 3.05) is 19.8 Å². The van der Waals surface area contributed by atoms with Crippen molar-refractivity contribution in [3.05, 3.63) is 35.9 Å². The van der Waals surface area contributed by atoms with Gasteiger partial charge in [0.1, 0.15) is 6.61 Å². The van der Waals surface area contributed by atoms with Crippen LogP contribution in [0.4, 0.5) is 4.79 Å². The number of carbonyl (C=O) groups excluding carboxylic acids is 1. The van der Waals surface area contributed by atoms with Gasteiger partial charge in [-0.1, -0.05) is 30.3 Å². The largest absolute Gasteiger partial charge is 0.445 e. The first-order chi connectivity index (χ1) is 9.18. The van der Waals surface area contributed by atoms with Crippen LogP contribution in [-0.2, 0) is 16.1 Å². The first-order valence-corrected chi connectivity index (χ1v) is 6.49. The Morgan fingerprint density at radius 1 is 1.53 bits per heavy atom. The van der Waals surface area contributed by atoms with Gasteiger partial charge >= 0.3 is 6.09 Å². The van der Waals surface area contributed by atoms with E-state index in [2.05, 4.69) is 0 Å². The third kappa shape index (κ3) is 3.68. The molecule has 1 aromatic rings. The van der Waals surface area contributed by atoms with Crippen molar-refractivity contribution < 1.29 is 14.3 Å². The van der Waals surface area contributed by atoms with Gasteiger partial charge in [0.05, 0.1) is 19.3 Å². The summed E-state index contributed by atoms with van der Waals surface area (Å²) in [6, 6.07) is 9.37. The van der Waals surface area contributed by atoms with Crippen LogP contribution in [0.2, 0.25) is 0 Å². The second-order valence-electron chi connectivity index (χ2n) is 4.73. The van der Waals surface area contributed by atoms with E-state index in [9.17, 15) is 4.79 Å². The molecule has 2 N–H and O–H groups in total. The minimum atomic E-state index is -0.325. The fourth-order valence-corrected chi connectivity index (χ4v) is 2.09. The molecule has 0 radical (unpaired) electrons. The minimum absolute atomic E-state index is 0.114. The van der Waals surface area contributed by atoms with Crippen molar-refractivity contribution in [3.8, 4) is 0 Å². The topological polar surface area (TPSA) is 64.8 Å². The SMILES string of the molecule is CC(N)C1COCCN1C(=O)OCc1ccccc1. The van der Waals surface area contributed by atoms with Crippen LogP contribution >= 0.6 is 0 Å². The number of nitrogens with zero attached hydrogens (tertiary/aromatic N) is 1. The Morgan fingerprint density at radius 2 is 2.26 bits per heavy atom. The number of morpholine rings is 1. The molecule has 0 aliphatic carbocycles. The molecule has 5 heteroatoms. The second kappa shape index (κ2) is 6.54. The zero-order chi connectivity index (χ0) is 13.7. The Hall–Kier alpha value is -1.59. The zero-order valence-electron chi connectivity index (χ0n) is 11.1. The summed E-state index contributed by atoms with van der Waals surface area (Å²) in [6.07, 6.45) is -0.325. The lowest BCUT2D eigenvalue weighted by Crippen LogP contribution is -2.55. The van der Waals surface area contributed by atoms with Crippen LogP contribution in [0.5, 0.6) is 0 Å². The highest BCUT2D eigenvalue weighted by Gasteiger charge is 2.30. The summed E-state index contributed by atoms with van der Waals surface area (Å²) in [5.41, 5.74) is 6.85. The maximum atomic E-state index is 12.1. The molecule has 1 saturated heterocycles. The predicted molar refractivity (Wildman–Crippen MR) is 71.6 cm³/mol. The molecule has 104 valence electrons. The number of benzene rings is 1. The first-order valence-electron chi connectivity index (χ1n) is 6.49. The van der Waals surface area contributed by atoms with Crippen molar-refractivity contribution in [1.82, 2.24) is 4.90 Å². The number of carbonyl (C=O) groups is 1. The van der Waals surface area contributed by atoms with E-state index in [0.717, 1.165) is 5.56 Å². The molecule has 2 atom stereocenters. The molecule has 5 nitrogen and oxygen atoms in total. The summed E-state index contributed by atoms with van der Waals surface area (Å²) < 4.78 is 10.7. The Kier molecular flexibility index (Phi) is 4.76. The molecule has 1 aromatic carbocycles. The van der Waals surface area contributed by atoms with E-state index >= 15 is 0 Å². The molecule has 1 amide bonds. The van der Waals surface area contributed by atoms with Gasteiger partial charge in [-0.25, -0.2) is 4.79 Å². The maximum absolute atomic E-state index is 12.1. The van der Waals surface area contributed by atoms with Gasteiger partial charge in [0.15, 0.2) is 0 Å². The molecule has 2 unspecified atom stereocenters. The van der Waals surface area contributed by atoms with E-state index in [1.165, 1.54) is 0 Å². The van der Waals surface area contributed by atoms with Crippen molar-refractivity contribution in [3.63, 3.8) is 0 Å². The lowest BCUT2D eigenvalue weighted by atomic mass is 10.1. The average Bonchev–Trinajstić information content (AvgIpc) is 2.46. The average molecular weight is 264 g/mol. The molecule has 1 fully saturated rings. The van der Waals surface area contributed by atoms with E-state index in [-0.39, 0.29) is 24.8 Å². The van der Waals surface area contributed by atoms with E-state index in [1.54, 1.807) is 4.90 Å². The number of amides is 1. The lowest BCUT2D eigenvalue weighted by Gasteiger charge is -2.36. The van der Waals surface area contributed by atoms with Crippen molar-refractivity contribution in [2.24, 2.45) is 5.73 Å². The standard InChI is InChI=1S/C14H20N2O3/c1-11(15)13-10-18-8-7-16(13)14(17)19-9-12-5-3-2-4-6-12/h2-6,11,13H,7-10,15H2,1H3. The summed E-state index contributed by atoms with van der Waals surface area (Å²) in [7, 11) is 0. The zero-order valence-corrected chi connectivity index (χ0v) is 11.1. The van der Waals surface area contributed by atoms with Crippen LogP contribution in [-0.4, -0.2) is 42.8 Å².